The Morgan fingerprint density at radius 2 is 1.86 bits per heavy atom. The first-order valence-electron chi connectivity index (χ1n) is 9.03. The number of nitrogens with one attached hydrogen (secondary N) is 1. The maximum absolute atomic E-state index is 12.5. The molecule has 2 heterocycles. The molecule has 142 valence electrons. The summed E-state index contributed by atoms with van der Waals surface area (Å²) in [4.78, 5) is 16.9. The van der Waals surface area contributed by atoms with Crippen LogP contribution in [0, 0.1) is 6.92 Å². The van der Waals surface area contributed by atoms with Crippen LogP contribution in [-0.2, 0) is 6.61 Å². The minimum absolute atomic E-state index is 0.214. The number of aromatic nitrogens is 1. The fourth-order valence-electron chi connectivity index (χ4n) is 2.85. The van der Waals surface area contributed by atoms with E-state index < -0.39 is 6.04 Å². The highest BCUT2D eigenvalue weighted by atomic mass is 16.5. The van der Waals surface area contributed by atoms with E-state index in [0.717, 1.165) is 16.8 Å². The monoisotopic (exact) mass is 376 g/mol. The second-order valence-corrected chi connectivity index (χ2v) is 6.54. The number of benzene rings is 2. The van der Waals surface area contributed by atoms with Crippen molar-refractivity contribution in [3.8, 4) is 5.75 Å². The van der Waals surface area contributed by atoms with Crippen molar-refractivity contribution in [2.75, 3.05) is 0 Å². The van der Waals surface area contributed by atoms with Gasteiger partial charge in [0.25, 0.3) is 5.91 Å². The highest BCUT2D eigenvalue weighted by Gasteiger charge is 2.19. The third-order valence-corrected chi connectivity index (χ3v) is 4.38. The molecule has 1 unspecified atom stereocenters. The van der Waals surface area contributed by atoms with E-state index >= 15 is 0 Å². The van der Waals surface area contributed by atoms with Gasteiger partial charge in [-0.3, -0.25) is 4.79 Å². The van der Waals surface area contributed by atoms with E-state index in [2.05, 4.69) is 10.3 Å². The lowest BCUT2D eigenvalue weighted by Gasteiger charge is -2.09. The van der Waals surface area contributed by atoms with Crippen LogP contribution in [0.1, 0.15) is 40.7 Å². The van der Waals surface area contributed by atoms with Crippen LogP contribution in [0.5, 0.6) is 5.75 Å². The molecule has 0 bridgehead atoms. The van der Waals surface area contributed by atoms with Crippen LogP contribution in [0.4, 0.5) is 0 Å². The largest absolute Gasteiger partial charge is 0.485 e. The van der Waals surface area contributed by atoms with E-state index in [9.17, 15) is 4.79 Å². The Balaban J connectivity index is 1.39. The van der Waals surface area contributed by atoms with Crippen LogP contribution in [0.2, 0.25) is 0 Å². The summed E-state index contributed by atoms with van der Waals surface area (Å²) in [5, 5.41) is 2.84. The SMILES string of the molecule is Cc1ccccc1OCc1ccc(C(=O)NC(C)c2nc3ccccc3o2)o1. The van der Waals surface area contributed by atoms with E-state index in [1.54, 1.807) is 12.1 Å². The summed E-state index contributed by atoms with van der Waals surface area (Å²) in [5.41, 5.74) is 2.48. The van der Waals surface area contributed by atoms with Crippen molar-refractivity contribution in [2.24, 2.45) is 0 Å². The number of hydrogen-bond acceptors (Lipinski definition) is 5. The molecule has 0 radical (unpaired) electrons. The highest BCUT2D eigenvalue weighted by molar-refractivity contribution is 5.91. The average molecular weight is 376 g/mol. The van der Waals surface area contributed by atoms with Crippen LogP contribution in [-0.4, -0.2) is 10.9 Å². The van der Waals surface area contributed by atoms with E-state index in [4.69, 9.17) is 13.6 Å². The number of carbonyl (C=O) groups excluding carboxylic acids is 1. The highest BCUT2D eigenvalue weighted by Crippen LogP contribution is 2.21. The number of aryl methyl sites for hydroxylation is 1. The van der Waals surface area contributed by atoms with Crippen LogP contribution < -0.4 is 10.1 Å². The molecule has 0 saturated carbocycles. The van der Waals surface area contributed by atoms with Gasteiger partial charge in [-0.05, 0) is 49.7 Å². The van der Waals surface area contributed by atoms with Crippen molar-refractivity contribution in [3.05, 3.63) is 83.6 Å². The maximum Gasteiger partial charge on any atom is 0.287 e. The number of nitrogens with zero attached hydrogens (tertiary/aromatic N) is 1. The third-order valence-electron chi connectivity index (χ3n) is 4.38. The predicted molar refractivity (Wildman–Crippen MR) is 104 cm³/mol. The Morgan fingerprint density at radius 3 is 2.68 bits per heavy atom. The first kappa shape index (κ1) is 17.9. The fraction of sp³-hybridized carbons (Fsp3) is 0.182. The fourth-order valence-corrected chi connectivity index (χ4v) is 2.85. The van der Waals surface area contributed by atoms with Gasteiger partial charge in [0.2, 0.25) is 5.89 Å². The Hall–Kier alpha value is -3.54. The number of para-hydroxylation sites is 3. The van der Waals surface area contributed by atoms with Gasteiger partial charge in [0.1, 0.15) is 29.7 Å². The molecule has 28 heavy (non-hydrogen) atoms. The van der Waals surface area contributed by atoms with Gasteiger partial charge in [0.15, 0.2) is 11.3 Å². The molecule has 0 aliphatic heterocycles. The lowest BCUT2D eigenvalue weighted by molar-refractivity contribution is 0.0902. The lowest BCUT2D eigenvalue weighted by Crippen LogP contribution is -2.26. The van der Waals surface area contributed by atoms with Crippen LogP contribution in [0.15, 0.2) is 69.5 Å². The number of furan rings is 1. The third kappa shape index (κ3) is 3.76. The lowest BCUT2D eigenvalue weighted by atomic mass is 10.2. The van der Waals surface area contributed by atoms with Gasteiger partial charge in [0.05, 0.1) is 0 Å². The number of amides is 1. The topological polar surface area (TPSA) is 77.5 Å². The normalized spacial score (nSPS) is 12.1. The zero-order chi connectivity index (χ0) is 19.5. The summed E-state index contributed by atoms with van der Waals surface area (Å²) < 4.78 is 17.1. The summed E-state index contributed by atoms with van der Waals surface area (Å²) >= 11 is 0. The number of fused-ring (bicyclic) bond motifs is 1. The quantitative estimate of drug-likeness (QED) is 0.523. The predicted octanol–water partition coefficient (Wildman–Crippen LogP) is 4.80. The first-order chi connectivity index (χ1) is 13.6. The molecule has 1 amide bonds. The molecule has 2 aromatic carbocycles. The van der Waals surface area contributed by atoms with Crippen LogP contribution in [0.25, 0.3) is 11.1 Å². The average Bonchev–Trinajstić information content (AvgIpc) is 3.34. The molecule has 0 fully saturated rings. The van der Waals surface area contributed by atoms with Gasteiger partial charge >= 0.3 is 0 Å². The Bertz CT molecular complexity index is 1080. The number of ether oxygens (including phenoxy) is 1. The summed E-state index contributed by atoms with van der Waals surface area (Å²) in [7, 11) is 0. The summed E-state index contributed by atoms with van der Waals surface area (Å²) in [6.45, 7) is 4.04. The summed E-state index contributed by atoms with van der Waals surface area (Å²) in [5.74, 6) is 1.69. The number of carbonyl (C=O) groups is 1. The number of rotatable bonds is 6. The van der Waals surface area contributed by atoms with Gasteiger partial charge in [0, 0.05) is 0 Å². The van der Waals surface area contributed by atoms with Crippen molar-refractivity contribution in [1.29, 1.82) is 0 Å². The van der Waals surface area contributed by atoms with Gasteiger partial charge < -0.3 is 18.9 Å². The second-order valence-electron chi connectivity index (χ2n) is 6.54. The minimum Gasteiger partial charge on any atom is -0.485 e. The maximum atomic E-state index is 12.5. The number of hydrogen-bond donors (Lipinski definition) is 1. The summed E-state index contributed by atoms with van der Waals surface area (Å²) in [6, 6.07) is 18.2. The second kappa shape index (κ2) is 7.60. The molecule has 0 aliphatic rings. The molecular weight excluding hydrogens is 356 g/mol. The molecule has 6 heteroatoms. The molecule has 0 aliphatic carbocycles. The molecule has 2 aromatic heterocycles. The van der Waals surface area contributed by atoms with Crippen molar-refractivity contribution in [2.45, 2.75) is 26.5 Å². The van der Waals surface area contributed by atoms with Crippen molar-refractivity contribution >= 4 is 17.0 Å². The van der Waals surface area contributed by atoms with E-state index in [1.165, 1.54) is 0 Å². The Labute approximate surface area is 162 Å². The van der Waals surface area contributed by atoms with E-state index in [-0.39, 0.29) is 18.3 Å². The van der Waals surface area contributed by atoms with Gasteiger partial charge in [-0.25, -0.2) is 4.98 Å². The van der Waals surface area contributed by atoms with Crippen molar-refractivity contribution in [3.63, 3.8) is 0 Å². The van der Waals surface area contributed by atoms with Crippen LogP contribution >= 0.6 is 0 Å². The number of oxazole rings is 1. The molecule has 4 aromatic rings. The first-order valence-corrected chi connectivity index (χ1v) is 9.03. The zero-order valence-electron chi connectivity index (χ0n) is 15.6. The molecule has 1 N–H and O–H groups in total. The smallest absolute Gasteiger partial charge is 0.287 e. The van der Waals surface area contributed by atoms with Gasteiger partial charge in [-0.1, -0.05) is 30.3 Å². The van der Waals surface area contributed by atoms with Crippen molar-refractivity contribution < 1.29 is 18.4 Å². The Kier molecular flexibility index (Phi) is 4.85. The molecule has 1 atom stereocenters. The van der Waals surface area contributed by atoms with Crippen molar-refractivity contribution in [1.82, 2.24) is 10.3 Å². The molecule has 0 saturated heterocycles. The van der Waals surface area contributed by atoms with Gasteiger partial charge in [-0.2, -0.15) is 0 Å². The summed E-state index contributed by atoms with van der Waals surface area (Å²) in [6.07, 6.45) is 0. The minimum atomic E-state index is -0.392. The molecule has 6 nitrogen and oxygen atoms in total. The molecule has 4 rings (SSSR count). The zero-order valence-corrected chi connectivity index (χ0v) is 15.6. The Morgan fingerprint density at radius 1 is 1.07 bits per heavy atom. The van der Waals surface area contributed by atoms with Gasteiger partial charge in [-0.15, -0.1) is 0 Å². The van der Waals surface area contributed by atoms with E-state index in [0.29, 0.717) is 17.2 Å². The molecular formula is C22H20N2O4. The van der Waals surface area contributed by atoms with Crippen LogP contribution in [0.3, 0.4) is 0 Å². The molecule has 0 spiro atoms. The van der Waals surface area contributed by atoms with E-state index in [1.807, 2.05) is 62.4 Å². The standard InChI is InChI=1S/C22H20N2O4/c1-14-7-3-5-9-18(14)26-13-16-11-12-20(27-16)21(25)23-15(2)22-24-17-8-4-6-10-19(17)28-22/h3-12,15H,13H2,1-2H3,(H,23,25).